The second kappa shape index (κ2) is 9.54. The molecule has 7 nitrogen and oxygen atoms in total. The number of pyridine rings is 1. The van der Waals surface area contributed by atoms with Gasteiger partial charge in [0.1, 0.15) is 17.6 Å². The van der Waals surface area contributed by atoms with Crippen molar-refractivity contribution in [1.82, 2.24) is 15.2 Å². The van der Waals surface area contributed by atoms with Crippen LogP contribution in [0.2, 0.25) is 0 Å². The lowest BCUT2D eigenvalue weighted by Crippen LogP contribution is -2.01. The van der Waals surface area contributed by atoms with Crippen LogP contribution in [0, 0.1) is 17.1 Å². The van der Waals surface area contributed by atoms with E-state index in [1.165, 1.54) is 12.1 Å². The Labute approximate surface area is 184 Å². The van der Waals surface area contributed by atoms with Gasteiger partial charge in [0.05, 0.1) is 5.52 Å². The minimum Gasteiger partial charge on any atom is -0.408 e. The molecule has 0 aliphatic carbocycles. The summed E-state index contributed by atoms with van der Waals surface area (Å²) in [7, 11) is 0. The number of rotatable bonds is 8. The number of aliphatic hydroxyl groups excluding tert-OH is 1. The number of nitrogens with zero attached hydrogens (tertiary/aromatic N) is 4. The highest BCUT2D eigenvalue weighted by Crippen LogP contribution is 2.30. The van der Waals surface area contributed by atoms with Crippen molar-refractivity contribution in [3.05, 3.63) is 71.5 Å². The molecule has 2 aromatic carbocycles. The van der Waals surface area contributed by atoms with Crippen molar-refractivity contribution in [2.75, 3.05) is 11.9 Å². The smallest absolute Gasteiger partial charge is 0.315 e. The Hall–Kier alpha value is -3.83. The molecule has 0 fully saturated rings. The highest BCUT2D eigenvalue weighted by molar-refractivity contribution is 5.95. The van der Waals surface area contributed by atoms with Crippen LogP contribution in [0.4, 0.5) is 10.4 Å². The second-order valence-corrected chi connectivity index (χ2v) is 7.45. The Morgan fingerprint density at radius 3 is 2.81 bits per heavy atom. The summed E-state index contributed by atoms with van der Waals surface area (Å²) >= 11 is 0. The zero-order valence-corrected chi connectivity index (χ0v) is 17.5. The molecule has 8 heteroatoms. The Kier molecular flexibility index (Phi) is 6.38. The number of halogens is 1. The largest absolute Gasteiger partial charge is 0.408 e. The molecule has 0 amide bonds. The number of aromatic nitrogens is 3. The van der Waals surface area contributed by atoms with Crippen LogP contribution >= 0.6 is 0 Å². The van der Waals surface area contributed by atoms with Crippen LogP contribution in [0.5, 0.6) is 0 Å². The quantitative estimate of drug-likeness (QED) is 0.413. The van der Waals surface area contributed by atoms with Gasteiger partial charge in [-0.15, -0.1) is 5.10 Å². The predicted octanol–water partition coefficient (Wildman–Crippen LogP) is 4.78. The van der Waals surface area contributed by atoms with Gasteiger partial charge in [0.2, 0.25) is 5.89 Å². The lowest BCUT2D eigenvalue weighted by Gasteiger charge is -2.10. The van der Waals surface area contributed by atoms with E-state index in [1.807, 2.05) is 31.2 Å². The van der Waals surface area contributed by atoms with Crippen molar-refractivity contribution in [3.8, 4) is 17.2 Å². The standard InChI is InChI=1S/C24H22FN5O2/c1-2-16(8-9-31)23-29-30-24(32-23)27-14-15-6-7-20-21(17-4-3-5-18(25)11-17)12-19(13-26)28-22(20)10-15/h3-7,10-12,16,31H,2,8-9,14H2,1H3,(H,27,30). The third-order valence-electron chi connectivity index (χ3n) is 5.33. The van der Waals surface area contributed by atoms with Crippen molar-refractivity contribution in [2.24, 2.45) is 0 Å². The van der Waals surface area contributed by atoms with Crippen molar-refractivity contribution >= 4 is 16.9 Å². The SMILES string of the molecule is CCC(CCO)c1nnc(NCc2ccc3c(-c4cccc(F)c4)cc(C#N)nc3c2)o1. The number of aliphatic hydroxyl groups is 1. The fraction of sp³-hybridized carbons (Fsp3) is 0.250. The van der Waals surface area contributed by atoms with Crippen molar-refractivity contribution in [3.63, 3.8) is 0 Å². The number of hydrogen-bond acceptors (Lipinski definition) is 7. The maximum atomic E-state index is 13.8. The molecule has 4 rings (SSSR count). The molecular weight excluding hydrogens is 409 g/mol. The number of anilines is 1. The van der Waals surface area contributed by atoms with Gasteiger partial charge in [-0.2, -0.15) is 5.26 Å². The molecule has 2 N–H and O–H groups in total. The topological polar surface area (TPSA) is 108 Å². The van der Waals surface area contributed by atoms with Crippen LogP contribution in [0.25, 0.3) is 22.0 Å². The van der Waals surface area contributed by atoms with Gasteiger partial charge in [-0.3, -0.25) is 0 Å². The zero-order valence-electron chi connectivity index (χ0n) is 17.5. The highest BCUT2D eigenvalue weighted by Gasteiger charge is 2.16. The third kappa shape index (κ3) is 4.58. The highest BCUT2D eigenvalue weighted by atomic mass is 19.1. The van der Waals surface area contributed by atoms with E-state index < -0.39 is 0 Å². The molecule has 32 heavy (non-hydrogen) atoms. The zero-order chi connectivity index (χ0) is 22.5. The van der Waals surface area contributed by atoms with Crippen molar-refractivity contribution in [1.29, 1.82) is 5.26 Å². The summed E-state index contributed by atoms with van der Waals surface area (Å²) in [4.78, 5) is 4.42. The van der Waals surface area contributed by atoms with E-state index in [-0.39, 0.29) is 24.0 Å². The van der Waals surface area contributed by atoms with Gasteiger partial charge in [-0.05, 0) is 53.8 Å². The Balaban J connectivity index is 1.59. The Morgan fingerprint density at radius 2 is 2.06 bits per heavy atom. The molecule has 0 bridgehead atoms. The van der Waals surface area contributed by atoms with E-state index >= 15 is 0 Å². The van der Waals surface area contributed by atoms with Crippen molar-refractivity contribution < 1.29 is 13.9 Å². The second-order valence-electron chi connectivity index (χ2n) is 7.45. The number of nitriles is 1. The van der Waals surface area contributed by atoms with Crippen LogP contribution in [0.15, 0.2) is 52.9 Å². The molecular formula is C24H22FN5O2. The van der Waals surface area contributed by atoms with E-state index in [0.29, 0.717) is 36.0 Å². The molecule has 2 aromatic heterocycles. The number of benzene rings is 2. The van der Waals surface area contributed by atoms with Crippen molar-refractivity contribution in [2.45, 2.75) is 32.2 Å². The predicted molar refractivity (Wildman–Crippen MR) is 118 cm³/mol. The summed E-state index contributed by atoms with van der Waals surface area (Å²) in [5.41, 5.74) is 3.25. The molecule has 162 valence electrons. The fourth-order valence-electron chi connectivity index (χ4n) is 3.64. The number of fused-ring (bicyclic) bond motifs is 1. The van der Waals surface area contributed by atoms with Gasteiger partial charge in [0.15, 0.2) is 0 Å². The van der Waals surface area contributed by atoms with Gasteiger partial charge in [-0.25, -0.2) is 9.37 Å². The van der Waals surface area contributed by atoms with Crippen LogP contribution in [-0.2, 0) is 6.54 Å². The first-order chi connectivity index (χ1) is 15.6. The van der Waals surface area contributed by atoms with Gasteiger partial charge in [0.25, 0.3) is 0 Å². The van der Waals surface area contributed by atoms with Crippen LogP contribution < -0.4 is 5.32 Å². The summed E-state index contributed by atoms with van der Waals surface area (Å²) in [5, 5.41) is 30.6. The molecule has 4 aromatic rings. The van der Waals surface area contributed by atoms with Gasteiger partial charge in [0, 0.05) is 24.5 Å². The van der Waals surface area contributed by atoms with Gasteiger partial charge in [-0.1, -0.05) is 36.3 Å². The van der Waals surface area contributed by atoms with E-state index in [1.54, 1.807) is 12.1 Å². The molecule has 1 unspecified atom stereocenters. The summed E-state index contributed by atoms with van der Waals surface area (Å²) in [5.74, 6) is 0.191. The molecule has 0 aliphatic rings. The fourth-order valence-corrected chi connectivity index (χ4v) is 3.64. The van der Waals surface area contributed by atoms with E-state index in [2.05, 4.69) is 26.6 Å². The van der Waals surface area contributed by atoms with Gasteiger partial charge < -0.3 is 14.8 Å². The first-order valence-corrected chi connectivity index (χ1v) is 10.4. The van der Waals surface area contributed by atoms with Gasteiger partial charge >= 0.3 is 6.01 Å². The molecule has 0 aliphatic heterocycles. The molecule has 2 heterocycles. The monoisotopic (exact) mass is 431 g/mol. The lowest BCUT2D eigenvalue weighted by molar-refractivity contribution is 0.263. The van der Waals surface area contributed by atoms with Crippen LogP contribution in [0.1, 0.15) is 42.8 Å². The number of hydrogen-bond donors (Lipinski definition) is 2. The Bertz CT molecular complexity index is 1280. The summed E-state index contributed by atoms with van der Waals surface area (Å²) < 4.78 is 19.4. The maximum Gasteiger partial charge on any atom is 0.315 e. The van der Waals surface area contributed by atoms with E-state index in [9.17, 15) is 9.65 Å². The molecule has 0 saturated carbocycles. The first-order valence-electron chi connectivity index (χ1n) is 10.4. The summed E-state index contributed by atoms with van der Waals surface area (Å²) in [6.07, 6.45) is 1.37. The average molecular weight is 431 g/mol. The molecule has 1 atom stereocenters. The molecule has 0 radical (unpaired) electrons. The van der Waals surface area contributed by atoms with E-state index in [0.717, 1.165) is 22.9 Å². The van der Waals surface area contributed by atoms with E-state index in [4.69, 9.17) is 9.52 Å². The average Bonchev–Trinajstić information content (AvgIpc) is 3.29. The Morgan fingerprint density at radius 1 is 1.19 bits per heavy atom. The molecule has 0 spiro atoms. The summed E-state index contributed by atoms with van der Waals surface area (Å²) in [6.45, 7) is 2.49. The normalized spacial score (nSPS) is 11.9. The number of nitrogens with one attached hydrogen (secondary N) is 1. The van der Waals surface area contributed by atoms with Crippen LogP contribution in [0.3, 0.4) is 0 Å². The minimum atomic E-state index is -0.338. The maximum absolute atomic E-state index is 13.8. The minimum absolute atomic E-state index is 0.0264. The summed E-state index contributed by atoms with van der Waals surface area (Å²) in [6, 6.07) is 16.1. The molecule has 0 saturated heterocycles. The van der Waals surface area contributed by atoms with Crippen LogP contribution in [-0.4, -0.2) is 26.9 Å². The third-order valence-corrected chi connectivity index (χ3v) is 5.33. The first kappa shape index (κ1) is 21.4. The lowest BCUT2D eigenvalue weighted by atomic mass is 9.99.